The van der Waals surface area contributed by atoms with Crippen LogP contribution in [0.25, 0.3) is 16.6 Å². The predicted octanol–water partition coefficient (Wildman–Crippen LogP) is 4.00. The van der Waals surface area contributed by atoms with Crippen LogP contribution in [-0.4, -0.2) is 51.0 Å². The van der Waals surface area contributed by atoms with Crippen LogP contribution in [-0.2, 0) is 14.8 Å². The molecule has 0 aliphatic rings. The summed E-state index contributed by atoms with van der Waals surface area (Å²) in [6.45, 7) is 0. The van der Waals surface area contributed by atoms with Crippen molar-refractivity contribution in [1.29, 1.82) is 0 Å². The number of carbonyl (C=O) groups excluding carboxylic acids is 1. The molecule has 15 heteroatoms. The number of nitrogens with zero attached hydrogens (tertiary/aromatic N) is 2. The first-order chi connectivity index (χ1) is 19.0. The van der Waals surface area contributed by atoms with E-state index in [-0.39, 0.29) is 27.3 Å². The van der Waals surface area contributed by atoms with Crippen molar-refractivity contribution < 1.29 is 27.4 Å². The Labute approximate surface area is 261 Å². The van der Waals surface area contributed by atoms with E-state index >= 15 is 0 Å². The van der Waals surface area contributed by atoms with Crippen LogP contribution in [0.1, 0.15) is 0 Å². The number of amides is 1. The van der Waals surface area contributed by atoms with Crippen LogP contribution in [0.3, 0.4) is 0 Å². The first-order valence-electron chi connectivity index (χ1n) is 11.2. The molecule has 0 saturated carbocycles. The number of halogens is 2. The first-order valence-corrected chi connectivity index (χ1v) is 15.9. The van der Waals surface area contributed by atoms with E-state index in [2.05, 4.69) is 50.5 Å². The summed E-state index contributed by atoms with van der Waals surface area (Å²) in [4.78, 5) is 31.3. The summed E-state index contributed by atoms with van der Waals surface area (Å²) in [5, 5.41) is 8.66. The highest BCUT2D eigenvalue weighted by Gasteiger charge is 2.19. The Hall–Kier alpha value is -2.61. The van der Waals surface area contributed by atoms with Gasteiger partial charge in [-0.1, -0.05) is 11.8 Å². The number of primary sulfonamides is 1. The number of benzene rings is 3. The number of carbonyl (C=O) groups is 1. The minimum Gasteiger partial charge on any atom is -0.493 e. The van der Waals surface area contributed by atoms with E-state index in [9.17, 15) is 18.0 Å². The second-order valence-electron chi connectivity index (χ2n) is 8.11. The smallest absolute Gasteiger partial charge is 0.266 e. The van der Waals surface area contributed by atoms with Crippen molar-refractivity contribution in [2.45, 2.75) is 10.1 Å². The highest BCUT2D eigenvalue weighted by atomic mass is 127. The van der Waals surface area contributed by atoms with E-state index in [1.165, 1.54) is 50.2 Å². The van der Waals surface area contributed by atoms with Gasteiger partial charge in [-0.2, -0.15) is 0 Å². The van der Waals surface area contributed by atoms with Crippen LogP contribution in [0.15, 0.2) is 63.4 Å². The maximum absolute atomic E-state index is 13.7. The van der Waals surface area contributed by atoms with E-state index in [0.29, 0.717) is 39.5 Å². The number of sulfonamides is 1. The molecule has 3 N–H and O–H groups in total. The third kappa shape index (κ3) is 6.48. The number of thioether (sulfide) groups is 1. The normalized spacial score (nSPS) is 11.3. The molecule has 0 spiro atoms. The Morgan fingerprint density at radius 2 is 1.65 bits per heavy atom. The van der Waals surface area contributed by atoms with Crippen LogP contribution < -0.4 is 30.2 Å². The zero-order valence-electron chi connectivity index (χ0n) is 21.2. The van der Waals surface area contributed by atoms with Gasteiger partial charge in [0, 0.05) is 25.0 Å². The number of anilines is 1. The molecule has 3 aromatic carbocycles. The summed E-state index contributed by atoms with van der Waals surface area (Å²) in [6.07, 6.45) is 0. The molecule has 1 aromatic heterocycles. The number of rotatable bonds is 9. The maximum Gasteiger partial charge on any atom is 0.266 e. The van der Waals surface area contributed by atoms with Gasteiger partial charge in [0.15, 0.2) is 16.7 Å². The van der Waals surface area contributed by atoms with Gasteiger partial charge in [0.2, 0.25) is 21.7 Å². The van der Waals surface area contributed by atoms with Gasteiger partial charge in [0.05, 0.1) is 48.6 Å². The summed E-state index contributed by atoms with van der Waals surface area (Å²) >= 11 is 5.29. The topological polar surface area (TPSA) is 152 Å². The Balaban J connectivity index is 1.71. The van der Waals surface area contributed by atoms with E-state index in [4.69, 9.17) is 24.3 Å². The fraction of sp³-hybridized carbons (Fsp3) is 0.160. The average molecular weight is 808 g/mol. The largest absolute Gasteiger partial charge is 0.493 e. The van der Waals surface area contributed by atoms with Crippen LogP contribution in [0.2, 0.25) is 0 Å². The summed E-state index contributed by atoms with van der Waals surface area (Å²) in [5.41, 5.74) is 0.924. The highest BCUT2D eigenvalue weighted by molar-refractivity contribution is 14.1. The maximum atomic E-state index is 13.7. The number of hydrogen-bond donors (Lipinski definition) is 2. The SMILES string of the molecule is COc1cc(NC(=O)CSc2nc3c(I)cc(I)cc3c(=O)n2-c2ccc(S(N)(=O)=O)cc2)cc(OC)c1OC. The Kier molecular flexibility index (Phi) is 9.48. The third-order valence-electron chi connectivity index (χ3n) is 5.56. The van der Waals surface area contributed by atoms with Crippen molar-refractivity contribution in [3.05, 3.63) is 66.0 Å². The van der Waals surface area contributed by atoms with Gasteiger partial charge >= 0.3 is 0 Å². The van der Waals surface area contributed by atoms with E-state index in [1.807, 2.05) is 6.07 Å². The molecule has 4 rings (SSSR count). The molecule has 0 radical (unpaired) electrons. The summed E-state index contributed by atoms with van der Waals surface area (Å²) in [5.74, 6) is 0.677. The molecule has 0 saturated heterocycles. The Morgan fingerprint density at radius 3 is 2.20 bits per heavy atom. The Bertz CT molecular complexity index is 1750. The predicted molar refractivity (Wildman–Crippen MR) is 170 cm³/mol. The van der Waals surface area contributed by atoms with Crippen molar-refractivity contribution >= 4 is 89.5 Å². The monoisotopic (exact) mass is 808 g/mol. The quantitative estimate of drug-likeness (QED) is 0.145. The van der Waals surface area contributed by atoms with Gasteiger partial charge in [-0.25, -0.2) is 18.5 Å². The highest BCUT2D eigenvalue weighted by Crippen LogP contribution is 2.40. The minimum atomic E-state index is -3.92. The number of hydrogen-bond acceptors (Lipinski definition) is 9. The molecule has 210 valence electrons. The first kappa shape index (κ1) is 30.4. The fourth-order valence-electron chi connectivity index (χ4n) is 3.79. The van der Waals surface area contributed by atoms with Crippen LogP contribution >= 0.6 is 56.9 Å². The standard InChI is InChI=1S/C25H22I2N4O7S2/c1-36-19-10-14(11-20(37-2)23(19)38-3)29-21(32)12-39-25-30-22-17(8-13(26)9-18(22)27)24(33)31(25)15-4-6-16(7-5-15)40(28,34)35/h4-11H,12H2,1-3H3,(H,29,32)(H2,28,34,35). The van der Waals surface area contributed by atoms with Crippen LogP contribution in [0, 0.1) is 7.14 Å². The van der Waals surface area contributed by atoms with Crippen molar-refractivity contribution in [2.24, 2.45) is 5.14 Å². The number of ether oxygens (including phenoxy) is 3. The minimum absolute atomic E-state index is 0.0924. The molecule has 40 heavy (non-hydrogen) atoms. The fourth-order valence-corrected chi connectivity index (χ4v) is 7.07. The number of fused-ring (bicyclic) bond motifs is 1. The lowest BCUT2D eigenvalue weighted by atomic mass is 10.2. The molecule has 0 bridgehead atoms. The van der Waals surface area contributed by atoms with Crippen molar-refractivity contribution in [3.63, 3.8) is 0 Å². The number of methoxy groups -OCH3 is 3. The summed E-state index contributed by atoms with van der Waals surface area (Å²) in [7, 11) is 0.506. The molecule has 0 aliphatic heterocycles. The number of nitrogens with two attached hydrogens (primary N) is 1. The third-order valence-corrected chi connectivity index (χ3v) is 8.88. The van der Waals surface area contributed by atoms with Crippen molar-refractivity contribution in [1.82, 2.24) is 9.55 Å². The molecular formula is C25H22I2N4O7S2. The molecule has 1 amide bonds. The van der Waals surface area contributed by atoms with Crippen molar-refractivity contribution in [2.75, 3.05) is 32.4 Å². The average Bonchev–Trinajstić information content (AvgIpc) is 2.91. The van der Waals surface area contributed by atoms with Gasteiger partial charge in [0.1, 0.15) is 0 Å². The lowest BCUT2D eigenvalue weighted by molar-refractivity contribution is -0.113. The lowest BCUT2D eigenvalue weighted by Gasteiger charge is -2.16. The van der Waals surface area contributed by atoms with Gasteiger partial charge in [-0.15, -0.1) is 0 Å². The number of aromatic nitrogens is 2. The second kappa shape index (κ2) is 12.5. The molecule has 4 aromatic rings. The van der Waals surface area contributed by atoms with E-state index < -0.39 is 10.0 Å². The van der Waals surface area contributed by atoms with E-state index in [0.717, 1.165) is 18.9 Å². The van der Waals surface area contributed by atoms with Crippen LogP contribution in [0.4, 0.5) is 5.69 Å². The van der Waals surface area contributed by atoms with E-state index in [1.54, 1.807) is 18.2 Å². The van der Waals surface area contributed by atoms with Gasteiger partial charge < -0.3 is 19.5 Å². The molecule has 0 aliphatic carbocycles. The van der Waals surface area contributed by atoms with Gasteiger partial charge in [0.25, 0.3) is 5.56 Å². The van der Waals surface area contributed by atoms with Crippen LogP contribution in [0.5, 0.6) is 17.2 Å². The lowest BCUT2D eigenvalue weighted by Crippen LogP contribution is -2.23. The Morgan fingerprint density at radius 1 is 1.02 bits per heavy atom. The summed E-state index contributed by atoms with van der Waals surface area (Å²) in [6, 6.07) is 12.4. The molecule has 1 heterocycles. The van der Waals surface area contributed by atoms with Crippen molar-refractivity contribution in [3.8, 4) is 22.9 Å². The number of nitrogens with one attached hydrogen (secondary N) is 1. The second-order valence-corrected chi connectivity index (χ2v) is 13.0. The zero-order chi connectivity index (χ0) is 29.2. The molecular weight excluding hydrogens is 786 g/mol. The molecule has 0 atom stereocenters. The molecule has 11 nitrogen and oxygen atoms in total. The zero-order valence-corrected chi connectivity index (χ0v) is 27.2. The summed E-state index contributed by atoms with van der Waals surface area (Å²) < 4.78 is 42.4. The molecule has 0 fully saturated rings. The molecule has 0 unspecified atom stereocenters. The van der Waals surface area contributed by atoms with Gasteiger partial charge in [-0.05, 0) is 81.6 Å². The van der Waals surface area contributed by atoms with Gasteiger partial charge in [-0.3, -0.25) is 14.2 Å².